The zero-order valence-corrected chi connectivity index (χ0v) is 18.5. The number of carbonyl (C=O) groups is 1. The molecule has 4 nitrogen and oxygen atoms in total. The molecule has 0 radical (unpaired) electrons. The van der Waals surface area contributed by atoms with Crippen molar-refractivity contribution in [3.63, 3.8) is 0 Å². The van der Waals surface area contributed by atoms with Gasteiger partial charge in [-0.3, -0.25) is 10.1 Å². The first-order valence-corrected chi connectivity index (χ1v) is 10.6. The number of alkyl halides is 3. The SMILES string of the molecule is CNC(=O)[C@@H](N[C@H](CCc1ccc(C(F)(F)F)cc1)c1ccc(OC)cc1)c1ccccc1. The smallest absolute Gasteiger partial charge is 0.416 e. The topological polar surface area (TPSA) is 50.4 Å². The number of rotatable bonds is 9. The second kappa shape index (κ2) is 11.0. The fraction of sp³-hybridized carbons (Fsp3) is 0.269. The molecule has 7 heteroatoms. The van der Waals surface area contributed by atoms with E-state index in [9.17, 15) is 18.0 Å². The lowest BCUT2D eigenvalue weighted by Gasteiger charge is -2.26. The fourth-order valence-electron chi connectivity index (χ4n) is 3.67. The Kier molecular flexibility index (Phi) is 8.11. The van der Waals surface area contributed by atoms with Crippen LogP contribution in [0.2, 0.25) is 0 Å². The van der Waals surface area contributed by atoms with Crippen molar-refractivity contribution in [3.8, 4) is 5.75 Å². The first-order chi connectivity index (χ1) is 15.8. The van der Waals surface area contributed by atoms with Gasteiger partial charge in [-0.15, -0.1) is 0 Å². The number of halogens is 3. The molecular formula is C26H27F3N2O2. The van der Waals surface area contributed by atoms with Crippen LogP contribution in [0.3, 0.4) is 0 Å². The first-order valence-electron chi connectivity index (χ1n) is 10.6. The van der Waals surface area contributed by atoms with E-state index in [0.29, 0.717) is 18.6 Å². The molecule has 0 fully saturated rings. The Bertz CT molecular complexity index is 1020. The predicted octanol–water partition coefficient (Wildman–Crippen LogP) is 5.46. The van der Waals surface area contributed by atoms with Crippen LogP contribution in [0.25, 0.3) is 0 Å². The number of benzene rings is 3. The molecule has 2 N–H and O–H groups in total. The highest BCUT2D eigenvalue weighted by molar-refractivity contribution is 5.83. The largest absolute Gasteiger partial charge is 0.497 e. The first kappa shape index (κ1) is 24.3. The molecule has 2 atom stereocenters. The molecule has 0 aromatic heterocycles. The average Bonchev–Trinajstić information content (AvgIpc) is 2.84. The number of nitrogens with one attached hydrogen (secondary N) is 2. The van der Waals surface area contributed by atoms with Gasteiger partial charge >= 0.3 is 6.18 Å². The van der Waals surface area contributed by atoms with Crippen molar-refractivity contribution in [1.29, 1.82) is 0 Å². The molecule has 0 aliphatic heterocycles. The standard InChI is InChI=1S/C26H27F3N2O2/c1-30-25(32)24(20-6-4-3-5-7-20)31-23(19-11-15-22(33-2)16-12-19)17-10-18-8-13-21(14-9-18)26(27,28)29/h3-9,11-16,23-24,31H,10,17H2,1-2H3,(H,30,32)/t23-,24+/m1/s1. The van der Waals surface area contributed by atoms with Crippen LogP contribution >= 0.6 is 0 Å². The molecule has 0 bridgehead atoms. The van der Waals surface area contributed by atoms with E-state index in [0.717, 1.165) is 28.8 Å². The third-order valence-corrected chi connectivity index (χ3v) is 5.53. The summed E-state index contributed by atoms with van der Waals surface area (Å²) in [4.78, 5) is 12.7. The molecule has 1 amide bonds. The van der Waals surface area contributed by atoms with E-state index in [1.807, 2.05) is 54.6 Å². The average molecular weight is 457 g/mol. The van der Waals surface area contributed by atoms with E-state index in [1.165, 1.54) is 12.1 Å². The quantitative estimate of drug-likeness (QED) is 0.449. The van der Waals surface area contributed by atoms with Gasteiger partial charge in [-0.25, -0.2) is 0 Å². The molecule has 0 heterocycles. The molecule has 0 aliphatic carbocycles. The minimum atomic E-state index is -4.36. The number of likely N-dealkylation sites (N-methyl/N-ethyl adjacent to an activating group) is 1. The van der Waals surface area contributed by atoms with Crippen molar-refractivity contribution >= 4 is 5.91 Å². The van der Waals surface area contributed by atoms with Crippen LogP contribution in [0.15, 0.2) is 78.9 Å². The summed E-state index contributed by atoms with van der Waals surface area (Å²) in [7, 11) is 3.18. The van der Waals surface area contributed by atoms with Gasteiger partial charge in [0, 0.05) is 13.1 Å². The second-order valence-electron chi connectivity index (χ2n) is 7.68. The van der Waals surface area contributed by atoms with Gasteiger partial charge in [0.1, 0.15) is 11.8 Å². The number of hydrogen-bond acceptors (Lipinski definition) is 3. The van der Waals surface area contributed by atoms with Crippen LogP contribution in [0, 0.1) is 0 Å². The van der Waals surface area contributed by atoms with Crippen LogP contribution in [0.1, 0.15) is 40.8 Å². The van der Waals surface area contributed by atoms with Gasteiger partial charge in [0.05, 0.1) is 12.7 Å². The van der Waals surface area contributed by atoms with Gasteiger partial charge in [0.2, 0.25) is 5.91 Å². The van der Waals surface area contributed by atoms with Crippen LogP contribution in [0.4, 0.5) is 13.2 Å². The highest BCUT2D eigenvalue weighted by atomic mass is 19.4. The minimum absolute atomic E-state index is 0.172. The zero-order chi connectivity index (χ0) is 23.8. The lowest BCUT2D eigenvalue weighted by molar-refractivity contribution is -0.137. The Balaban J connectivity index is 1.84. The van der Waals surface area contributed by atoms with E-state index in [1.54, 1.807) is 14.2 Å². The number of aryl methyl sites for hydroxylation is 1. The maximum Gasteiger partial charge on any atom is 0.416 e. The molecule has 3 aromatic carbocycles. The van der Waals surface area contributed by atoms with E-state index < -0.39 is 17.8 Å². The lowest BCUT2D eigenvalue weighted by Crippen LogP contribution is -2.38. The van der Waals surface area contributed by atoms with Crippen molar-refractivity contribution in [2.75, 3.05) is 14.2 Å². The molecule has 0 saturated heterocycles. The minimum Gasteiger partial charge on any atom is -0.497 e. The third kappa shape index (κ3) is 6.58. The molecule has 33 heavy (non-hydrogen) atoms. The summed E-state index contributed by atoms with van der Waals surface area (Å²) in [6.45, 7) is 0. The van der Waals surface area contributed by atoms with Gasteiger partial charge < -0.3 is 10.1 Å². The molecule has 0 spiro atoms. The highest BCUT2D eigenvalue weighted by Gasteiger charge is 2.30. The molecular weight excluding hydrogens is 429 g/mol. The molecule has 0 aliphatic rings. The molecule has 0 saturated carbocycles. The summed E-state index contributed by atoms with van der Waals surface area (Å²) in [5.41, 5.74) is 1.90. The Morgan fingerprint density at radius 2 is 1.55 bits per heavy atom. The molecule has 3 rings (SSSR count). The number of ether oxygens (including phenoxy) is 1. The molecule has 174 valence electrons. The van der Waals surface area contributed by atoms with Crippen molar-refractivity contribution in [1.82, 2.24) is 10.6 Å². The van der Waals surface area contributed by atoms with E-state index >= 15 is 0 Å². The van der Waals surface area contributed by atoms with E-state index in [4.69, 9.17) is 4.74 Å². The van der Waals surface area contributed by atoms with Gasteiger partial charge in [-0.1, -0.05) is 54.6 Å². The van der Waals surface area contributed by atoms with Gasteiger partial charge in [0.25, 0.3) is 0 Å². The molecule has 0 unspecified atom stereocenters. The van der Waals surface area contributed by atoms with E-state index in [2.05, 4.69) is 10.6 Å². The predicted molar refractivity (Wildman–Crippen MR) is 122 cm³/mol. The Morgan fingerprint density at radius 3 is 2.09 bits per heavy atom. The summed E-state index contributed by atoms with van der Waals surface area (Å²) in [6.07, 6.45) is -3.24. The molecule has 3 aromatic rings. The maximum atomic E-state index is 12.9. The number of hydrogen-bond donors (Lipinski definition) is 2. The van der Waals surface area contributed by atoms with Crippen LogP contribution in [0.5, 0.6) is 5.75 Å². The summed E-state index contributed by atoms with van der Waals surface area (Å²) >= 11 is 0. The van der Waals surface area contributed by atoms with Crippen LogP contribution < -0.4 is 15.4 Å². The Morgan fingerprint density at radius 1 is 0.909 bits per heavy atom. The summed E-state index contributed by atoms with van der Waals surface area (Å²) in [5.74, 6) is 0.542. The second-order valence-corrected chi connectivity index (χ2v) is 7.68. The van der Waals surface area contributed by atoms with Gasteiger partial charge in [0.15, 0.2) is 0 Å². The number of methoxy groups -OCH3 is 1. The highest BCUT2D eigenvalue weighted by Crippen LogP contribution is 2.30. The van der Waals surface area contributed by atoms with Crippen LogP contribution in [-0.4, -0.2) is 20.1 Å². The van der Waals surface area contributed by atoms with E-state index in [-0.39, 0.29) is 11.9 Å². The van der Waals surface area contributed by atoms with Gasteiger partial charge in [-0.05, 0) is 53.8 Å². The Labute approximate surface area is 191 Å². The van der Waals surface area contributed by atoms with Crippen molar-refractivity contribution in [2.24, 2.45) is 0 Å². The normalized spacial score (nSPS) is 13.2. The third-order valence-electron chi connectivity index (χ3n) is 5.53. The summed E-state index contributed by atoms with van der Waals surface area (Å²) in [5, 5.41) is 6.15. The zero-order valence-electron chi connectivity index (χ0n) is 18.5. The lowest BCUT2D eigenvalue weighted by atomic mass is 9.96. The fourth-order valence-corrected chi connectivity index (χ4v) is 3.67. The number of amides is 1. The summed E-state index contributed by atoms with van der Waals surface area (Å²) in [6, 6.07) is 21.3. The van der Waals surface area contributed by atoms with Crippen molar-refractivity contribution < 1.29 is 22.7 Å². The number of carbonyl (C=O) groups excluding carboxylic acids is 1. The van der Waals surface area contributed by atoms with Crippen molar-refractivity contribution in [3.05, 3.63) is 101 Å². The maximum absolute atomic E-state index is 12.9. The summed E-state index contributed by atoms with van der Waals surface area (Å²) < 4.78 is 43.9. The van der Waals surface area contributed by atoms with Gasteiger partial charge in [-0.2, -0.15) is 13.2 Å². The van der Waals surface area contributed by atoms with Crippen molar-refractivity contribution in [2.45, 2.75) is 31.1 Å². The Hall–Kier alpha value is -3.32. The monoisotopic (exact) mass is 456 g/mol. The van der Waals surface area contributed by atoms with Crippen LogP contribution in [-0.2, 0) is 17.4 Å².